The van der Waals surface area contributed by atoms with Crippen molar-refractivity contribution < 1.29 is 24.2 Å². The lowest BCUT2D eigenvalue weighted by atomic mass is 10.1. The average molecular weight is 409 g/mol. The van der Waals surface area contributed by atoms with Gasteiger partial charge >= 0.3 is 11.9 Å². The number of carbonyl (C=O) groups excluding carboxylic acids is 2. The molecule has 1 amide bonds. The molecule has 0 bridgehead atoms. The van der Waals surface area contributed by atoms with Crippen LogP contribution in [0, 0.1) is 0 Å². The summed E-state index contributed by atoms with van der Waals surface area (Å²) in [6, 6.07) is 6.27. The van der Waals surface area contributed by atoms with Gasteiger partial charge in [-0.3, -0.25) is 9.59 Å². The second-order valence-electron chi connectivity index (χ2n) is 3.67. The quantitative estimate of drug-likeness (QED) is 0.574. The summed E-state index contributed by atoms with van der Waals surface area (Å²) in [6.45, 7) is 0. The number of carboxylic acid groups (broad SMARTS) is 1. The first-order chi connectivity index (χ1) is 9.38. The average Bonchev–Trinajstić information content (AvgIpc) is 2.45. The van der Waals surface area contributed by atoms with E-state index in [2.05, 4.69) is 41.9 Å². The number of halogens is 2. The molecule has 1 aromatic carbocycles. The third-order valence-corrected chi connectivity index (χ3v) is 4.91. The minimum Gasteiger partial charge on any atom is -0.480 e. The van der Waals surface area contributed by atoms with Crippen molar-refractivity contribution in [2.75, 3.05) is 12.4 Å². The number of benzene rings is 1. The molecule has 0 aliphatic rings. The van der Waals surface area contributed by atoms with Gasteiger partial charge in [0.25, 0.3) is 0 Å². The summed E-state index contributed by atoms with van der Waals surface area (Å²) in [7, 11) is 1.23. The first-order valence-electron chi connectivity index (χ1n) is 5.37. The van der Waals surface area contributed by atoms with Crippen LogP contribution in [0.3, 0.4) is 0 Å². The number of methoxy groups -OCH3 is 1. The second kappa shape index (κ2) is 7.39. The zero-order chi connectivity index (χ0) is 15.3. The molecule has 0 saturated heterocycles. The van der Waals surface area contributed by atoms with Crippen LogP contribution in [0.1, 0.15) is 10.4 Å². The van der Waals surface area contributed by atoms with Gasteiger partial charge in [-0.2, -0.15) is 0 Å². The molecule has 6 nitrogen and oxygen atoms in total. The minimum absolute atomic E-state index is 0.185. The fourth-order valence-electron chi connectivity index (χ4n) is 1.34. The van der Waals surface area contributed by atoms with Crippen LogP contribution in [0.5, 0.6) is 0 Å². The van der Waals surface area contributed by atoms with Gasteiger partial charge in [0.2, 0.25) is 5.91 Å². The smallest absolute Gasteiger partial charge is 0.339 e. The van der Waals surface area contributed by atoms with Crippen molar-refractivity contribution in [2.45, 2.75) is 9.65 Å². The zero-order valence-electron chi connectivity index (χ0n) is 10.3. The SMILES string of the molecule is COC(=O)c1ccccc1NC(=O)C(Br)C(Br)C(=O)O. The number of nitrogens with one attached hydrogen (secondary N) is 1. The van der Waals surface area contributed by atoms with Gasteiger partial charge in [0.1, 0.15) is 9.65 Å². The van der Waals surface area contributed by atoms with Gasteiger partial charge in [-0.15, -0.1) is 0 Å². The summed E-state index contributed by atoms with van der Waals surface area (Å²) in [5.41, 5.74) is 0.434. The molecule has 108 valence electrons. The van der Waals surface area contributed by atoms with Crippen molar-refractivity contribution in [2.24, 2.45) is 0 Å². The number of hydrogen-bond acceptors (Lipinski definition) is 4. The number of esters is 1. The first-order valence-corrected chi connectivity index (χ1v) is 7.20. The number of anilines is 1. The minimum atomic E-state index is -1.18. The molecular formula is C12H11Br2NO5. The van der Waals surface area contributed by atoms with Gasteiger partial charge in [-0.25, -0.2) is 4.79 Å². The number of carboxylic acids is 1. The molecule has 0 aliphatic carbocycles. The molecule has 0 radical (unpaired) electrons. The van der Waals surface area contributed by atoms with E-state index in [9.17, 15) is 14.4 Å². The number of ether oxygens (including phenoxy) is 1. The van der Waals surface area contributed by atoms with Gasteiger partial charge in [0.05, 0.1) is 18.4 Å². The Labute approximate surface area is 131 Å². The number of carbonyl (C=O) groups is 3. The Bertz CT molecular complexity index is 534. The molecule has 0 heterocycles. The maximum Gasteiger partial charge on any atom is 0.339 e. The lowest BCUT2D eigenvalue weighted by Crippen LogP contribution is -2.35. The molecule has 0 spiro atoms. The van der Waals surface area contributed by atoms with Gasteiger partial charge in [0, 0.05) is 0 Å². The number of alkyl halides is 2. The highest BCUT2D eigenvalue weighted by Crippen LogP contribution is 2.20. The second-order valence-corrected chi connectivity index (χ2v) is 5.64. The van der Waals surface area contributed by atoms with E-state index in [0.29, 0.717) is 0 Å². The van der Waals surface area contributed by atoms with Crippen molar-refractivity contribution >= 4 is 55.4 Å². The van der Waals surface area contributed by atoms with Gasteiger partial charge in [-0.1, -0.05) is 44.0 Å². The van der Waals surface area contributed by atoms with Crippen molar-refractivity contribution in [3.8, 4) is 0 Å². The fourth-order valence-corrected chi connectivity index (χ4v) is 1.92. The number of aliphatic carboxylic acids is 1. The van der Waals surface area contributed by atoms with E-state index in [0.717, 1.165) is 0 Å². The van der Waals surface area contributed by atoms with E-state index >= 15 is 0 Å². The van der Waals surface area contributed by atoms with Gasteiger partial charge in [0.15, 0.2) is 0 Å². The molecule has 0 fully saturated rings. The van der Waals surface area contributed by atoms with E-state index in [1.54, 1.807) is 12.1 Å². The van der Waals surface area contributed by atoms with E-state index in [1.165, 1.54) is 19.2 Å². The molecule has 8 heteroatoms. The molecule has 2 atom stereocenters. The van der Waals surface area contributed by atoms with Gasteiger partial charge in [-0.05, 0) is 12.1 Å². The van der Waals surface area contributed by atoms with Crippen LogP contribution >= 0.6 is 31.9 Å². The standard InChI is InChI=1S/C12H11Br2NO5/c1-20-12(19)6-4-2-3-5-7(6)15-10(16)8(13)9(14)11(17)18/h2-5,8-9H,1H3,(H,15,16)(H,17,18). The molecule has 0 aromatic heterocycles. The molecule has 1 rings (SSSR count). The third-order valence-electron chi connectivity index (χ3n) is 2.33. The van der Waals surface area contributed by atoms with Gasteiger partial charge < -0.3 is 15.2 Å². The Balaban J connectivity index is 2.91. The molecule has 2 unspecified atom stereocenters. The number of para-hydroxylation sites is 1. The van der Waals surface area contributed by atoms with Crippen LogP contribution in [0.25, 0.3) is 0 Å². The van der Waals surface area contributed by atoms with Crippen molar-refractivity contribution in [3.05, 3.63) is 29.8 Å². The highest BCUT2D eigenvalue weighted by molar-refractivity contribution is 9.12. The van der Waals surface area contributed by atoms with E-state index in [-0.39, 0.29) is 11.3 Å². The molecule has 0 saturated carbocycles. The molecular weight excluding hydrogens is 398 g/mol. The Morgan fingerprint density at radius 2 is 1.80 bits per heavy atom. The predicted molar refractivity (Wildman–Crippen MR) is 79.5 cm³/mol. The summed E-state index contributed by atoms with van der Waals surface area (Å²) in [6.07, 6.45) is 0. The first kappa shape index (κ1) is 16.6. The third kappa shape index (κ3) is 4.04. The Morgan fingerprint density at radius 1 is 1.20 bits per heavy atom. The Hall–Kier alpha value is -1.41. The largest absolute Gasteiger partial charge is 0.480 e. The topological polar surface area (TPSA) is 92.7 Å². The summed E-state index contributed by atoms with van der Waals surface area (Å²) >= 11 is 5.87. The van der Waals surface area contributed by atoms with Crippen molar-refractivity contribution in [1.29, 1.82) is 0 Å². The monoisotopic (exact) mass is 407 g/mol. The van der Waals surface area contributed by atoms with E-state index < -0.39 is 27.5 Å². The summed E-state index contributed by atoms with van der Waals surface area (Å²) in [5.74, 6) is -2.37. The maximum atomic E-state index is 11.9. The normalized spacial score (nSPS) is 13.2. The fraction of sp³-hybridized carbons (Fsp3) is 0.250. The summed E-state index contributed by atoms with van der Waals surface area (Å²) in [4.78, 5) is 32.2. The molecule has 0 aliphatic heterocycles. The van der Waals surface area contributed by atoms with Crippen molar-refractivity contribution in [3.63, 3.8) is 0 Å². The molecule has 20 heavy (non-hydrogen) atoms. The van der Waals surface area contributed by atoms with Crippen LogP contribution in [0.2, 0.25) is 0 Å². The lowest BCUT2D eigenvalue weighted by Gasteiger charge is -2.14. The summed E-state index contributed by atoms with van der Waals surface area (Å²) in [5, 5.41) is 11.3. The maximum absolute atomic E-state index is 11.9. The lowest BCUT2D eigenvalue weighted by molar-refractivity contribution is -0.137. The molecule has 2 N–H and O–H groups in total. The molecule has 1 aromatic rings. The highest BCUT2D eigenvalue weighted by atomic mass is 79.9. The highest BCUT2D eigenvalue weighted by Gasteiger charge is 2.29. The van der Waals surface area contributed by atoms with Crippen LogP contribution in [0.15, 0.2) is 24.3 Å². The van der Waals surface area contributed by atoms with Crippen LogP contribution in [0.4, 0.5) is 5.69 Å². The number of rotatable bonds is 5. The number of hydrogen-bond donors (Lipinski definition) is 2. The van der Waals surface area contributed by atoms with E-state index in [1.807, 2.05) is 0 Å². The van der Waals surface area contributed by atoms with Crippen LogP contribution in [-0.2, 0) is 14.3 Å². The van der Waals surface area contributed by atoms with Crippen LogP contribution in [-0.4, -0.2) is 39.7 Å². The zero-order valence-corrected chi connectivity index (χ0v) is 13.5. The van der Waals surface area contributed by atoms with Crippen molar-refractivity contribution in [1.82, 2.24) is 0 Å². The Morgan fingerprint density at radius 3 is 2.35 bits per heavy atom. The number of amides is 1. The predicted octanol–water partition coefficient (Wildman–Crippen LogP) is 2.02. The van der Waals surface area contributed by atoms with Crippen LogP contribution < -0.4 is 5.32 Å². The van der Waals surface area contributed by atoms with E-state index in [4.69, 9.17) is 5.11 Å². The Kier molecular flexibility index (Phi) is 6.15. The summed E-state index contributed by atoms with van der Waals surface area (Å²) < 4.78 is 4.60.